The molecule has 112 valence electrons. The largest absolute Gasteiger partial charge is 0.495 e. The highest BCUT2D eigenvalue weighted by atomic mass is 35.5. The first-order valence-corrected chi connectivity index (χ1v) is 7.86. The number of nitro benzene ring substituents is 1. The van der Waals surface area contributed by atoms with E-state index < -0.39 is 14.9 Å². The molecule has 0 aliphatic carbocycles. The SMILES string of the molecule is COc1ccc([N+](=O)[O-])cc1NS(=O)(=O)CC(C)CCl. The van der Waals surface area contributed by atoms with Crippen molar-refractivity contribution >= 4 is 33.0 Å². The Hall–Kier alpha value is -1.54. The molecule has 20 heavy (non-hydrogen) atoms. The van der Waals surface area contributed by atoms with Crippen molar-refractivity contribution in [1.29, 1.82) is 0 Å². The van der Waals surface area contributed by atoms with Crippen molar-refractivity contribution < 1.29 is 18.1 Å². The fourth-order valence-electron chi connectivity index (χ4n) is 1.52. The van der Waals surface area contributed by atoms with Crippen LogP contribution >= 0.6 is 11.6 Å². The Bertz CT molecular complexity index is 590. The second-order valence-corrected chi connectivity index (χ2v) is 6.36. The van der Waals surface area contributed by atoms with Crippen LogP contribution in [0.5, 0.6) is 5.75 Å². The third kappa shape index (κ3) is 4.53. The molecule has 1 aromatic carbocycles. The number of nitrogens with one attached hydrogen (secondary N) is 1. The van der Waals surface area contributed by atoms with Crippen molar-refractivity contribution in [1.82, 2.24) is 0 Å². The van der Waals surface area contributed by atoms with Crippen molar-refractivity contribution in [3.8, 4) is 5.75 Å². The third-order valence-electron chi connectivity index (χ3n) is 2.43. The number of hydrogen-bond donors (Lipinski definition) is 1. The first-order chi connectivity index (χ1) is 9.29. The molecule has 0 saturated heterocycles. The Morgan fingerprint density at radius 2 is 2.15 bits per heavy atom. The number of nitrogens with zero attached hydrogens (tertiary/aromatic N) is 1. The summed E-state index contributed by atoms with van der Waals surface area (Å²) in [7, 11) is -2.31. The van der Waals surface area contributed by atoms with Gasteiger partial charge < -0.3 is 4.74 Å². The van der Waals surface area contributed by atoms with Crippen molar-refractivity contribution in [3.63, 3.8) is 0 Å². The fraction of sp³-hybridized carbons (Fsp3) is 0.455. The predicted molar refractivity (Wildman–Crippen MR) is 76.9 cm³/mol. The van der Waals surface area contributed by atoms with Crippen LogP contribution < -0.4 is 9.46 Å². The third-order valence-corrected chi connectivity index (χ3v) is 4.49. The van der Waals surface area contributed by atoms with Crippen molar-refractivity contribution in [2.24, 2.45) is 5.92 Å². The molecule has 0 fully saturated rings. The van der Waals surface area contributed by atoms with Crippen LogP contribution in [0.4, 0.5) is 11.4 Å². The van der Waals surface area contributed by atoms with Crippen molar-refractivity contribution in [3.05, 3.63) is 28.3 Å². The van der Waals surface area contributed by atoms with E-state index in [1.807, 2.05) is 0 Å². The van der Waals surface area contributed by atoms with E-state index >= 15 is 0 Å². The average molecular weight is 323 g/mol. The molecule has 0 amide bonds. The van der Waals surface area contributed by atoms with Crippen LogP contribution in [0.25, 0.3) is 0 Å². The first-order valence-electron chi connectivity index (χ1n) is 5.68. The number of anilines is 1. The average Bonchev–Trinajstić information content (AvgIpc) is 2.37. The van der Waals surface area contributed by atoms with Gasteiger partial charge in [0.25, 0.3) is 5.69 Å². The summed E-state index contributed by atoms with van der Waals surface area (Å²) in [4.78, 5) is 10.1. The van der Waals surface area contributed by atoms with Gasteiger partial charge in [-0.3, -0.25) is 14.8 Å². The van der Waals surface area contributed by atoms with Gasteiger partial charge in [-0.15, -0.1) is 11.6 Å². The summed E-state index contributed by atoms with van der Waals surface area (Å²) in [6, 6.07) is 3.68. The van der Waals surface area contributed by atoms with Crippen LogP contribution in [0.2, 0.25) is 0 Å². The van der Waals surface area contributed by atoms with Gasteiger partial charge in [-0.2, -0.15) is 0 Å². The highest BCUT2D eigenvalue weighted by Crippen LogP contribution is 2.29. The monoisotopic (exact) mass is 322 g/mol. The molecule has 0 saturated carbocycles. The molecule has 1 atom stereocenters. The zero-order chi connectivity index (χ0) is 15.3. The lowest BCUT2D eigenvalue weighted by Crippen LogP contribution is -2.22. The van der Waals surface area contributed by atoms with E-state index in [1.165, 1.54) is 19.2 Å². The molecule has 1 aromatic rings. The molecule has 0 spiro atoms. The van der Waals surface area contributed by atoms with Crippen LogP contribution in [0.3, 0.4) is 0 Å². The molecule has 1 N–H and O–H groups in total. The van der Waals surface area contributed by atoms with E-state index in [9.17, 15) is 18.5 Å². The van der Waals surface area contributed by atoms with Gasteiger partial charge in [0, 0.05) is 18.0 Å². The lowest BCUT2D eigenvalue weighted by Gasteiger charge is -2.13. The maximum Gasteiger partial charge on any atom is 0.271 e. The number of nitro groups is 1. The zero-order valence-electron chi connectivity index (χ0n) is 11.0. The van der Waals surface area contributed by atoms with E-state index in [0.29, 0.717) is 0 Å². The summed E-state index contributed by atoms with van der Waals surface area (Å²) in [5, 5.41) is 10.7. The number of ether oxygens (including phenoxy) is 1. The van der Waals surface area contributed by atoms with Gasteiger partial charge in [-0.25, -0.2) is 8.42 Å². The summed E-state index contributed by atoms with van der Waals surface area (Å²) in [6.07, 6.45) is 0. The smallest absolute Gasteiger partial charge is 0.271 e. The minimum atomic E-state index is -3.66. The molecule has 0 bridgehead atoms. The normalized spacial score (nSPS) is 12.8. The molecule has 0 heterocycles. The number of halogens is 1. The quantitative estimate of drug-likeness (QED) is 0.471. The fourth-order valence-corrected chi connectivity index (χ4v) is 3.20. The van der Waals surface area contributed by atoms with Crippen molar-refractivity contribution in [2.75, 3.05) is 23.5 Å². The Labute approximate surface area is 122 Å². The molecular formula is C11H15ClN2O5S. The van der Waals surface area contributed by atoms with E-state index in [4.69, 9.17) is 16.3 Å². The summed E-state index contributed by atoms with van der Waals surface area (Å²) < 4.78 is 31.1. The number of rotatable bonds is 7. The van der Waals surface area contributed by atoms with E-state index in [1.54, 1.807) is 6.92 Å². The highest BCUT2D eigenvalue weighted by molar-refractivity contribution is 7.92. The Balaban J connectivity index is 3.06. The standard InChI is InChI=1S/C11H15ClN2O5S/c1-8(6-12)7-20(17,18)13-10-5-9(14(15)16)3-4-11(10)19-2/h3-5,8,13H,6-7H2,1-2H3. The first kappa shape index (κ1) is 16.5. The minimum absolute atomic E-state index is 0.0310. The van der Waals surface area contributed by atoms with Gasteiger partial charge in [0.2, 0.25) is 10.0 Å². The van der Waals surface area contributed by atoms with Gasteiger partial charge in [0.1, 0.15) is 5.75 Å². The molecule has 0 aromatic heterocycles. The number of sulfonamides is 1. The molecule has 0 radical (unpaired) electrons. The number of benzene rings is 1. The van der Waals surface area contributed by atoms with Crippen LogP contribution in [0, 0.1) is 16.0 Å². The molecule has 0 aliphatic heterocycles. The summed E-state index contributed by atoms with van der Waals surface area (Å²) in [5.41, 5.74) is -0.197. The predicted octanol–water partition coefficient (Wildman–Crippen LogP) is 2.22. The van der Waals surface area contributed by atoms with Crippen LogP contribution in [0.1, 0.15) is 6.92 Å². The van der Waals surface area contributed by atoms with Crippen LogP contribution in [-0.4, -0.2) is 32.1 Å². The van der Waals surface area contributed by atoms with Crippen LogP contribution in [-0.2, 0) is 10.0 Å². The summed E-state index contributed by atoms with van der Waals surface area (Å²) >= 11 is 5.58. The van der Waals surface area contributed by atoms with Crippen molar-refractivity contribution in [2.45, 2.75) is 6.92 Å². The maximum absolute atomic E-state index is 11.9. The number of non-ortho nitro benzene ring substituents is 1. The van der Waals surface area contributed by atoms with E-state index in [2.05, 4.69) is 4.72 Å². The van der Waals surface area contributed by atoms with Gasteiger partial charge in [0.05, 0.1) is 23.5 Å². The summed E-state index contributed by atoms with van der Waals surface area (Å²) in [5.74, 6) is -0.00782. The van der Waals surface area contributed by atoms with Gasteiger partial charge in [0.15, 0.2) is 0 Å². The van der Waals surface area contributed by atoms with Gasteiger partial charge >= 0.3 is 0 Å². The Morgan fingerprint density at radius 1 is 1.50 bits per heavy atom. The summed E-state index contributed by atoms with van der Waals surface area (Å²) in [6.45, 7) is 1.69. The Morgan fingerprint density at radius 3 is 2.65 bits per heavy atom. The highest BCUT2D eigenvalue weighted by Gasteiger charge is 2.19. The topological polar surface area (TPSA) is 98.5 Å². The Kier molecular flexibility index (Phi) is 5.58. The zero-order valence-corrected chi connectivity index (χ0v) is 12.6. The lowest BCUT2D eigenvalue weighted by molar-refractivity contribution is -0.384. The number of methoxy groups -OCH3 is 1. The minimum Gasteiger partial charge on any atom is -0.495 e. The number of hydrogen-bond acceptors (Lipinski definition) is 5. The maximum atomic E-state index is 11.9. The molecule has 7 nitrogen and oxygen atoms in total. The second kappa shape index (κ2) is 6.76. The lowest BCUT2D eigenvalue weighted by atomic mass is 10.2. The number of alkyl halides is 1. The molecule has 1 unspecified atom stereocenters. The molecule has 0 aliphatic rings. The van der Waals surface area contributed by atoms with E-state index in [-0.39, 0.29) is 34.7 Å². The van der Waals surface area contributed by atoms with Crippen LogP contribution in [0.15, 0.2) is 18.2 Å². The molecular weight excluding hydrogens is 308 g/mol. The molecule has 1 rings (SSSR count). The van der Waals surface area contributed by atoms with Gasteiger partial charge in [-0.05, 0) is 12.0 Å². The van der Waals surface area contributed by atoms with E-state index in [0.717, 1.165) is 6.07 Å². The second-order valence-electron chi connectivity index (χ2n) is 4.28. The molecule has 9 heteroatoms. The van der Waals surface area contributed by atoms with Gasteiger partial charge in [-0.1, -0.05) is 6.92 Å².